The third-order valence-electron chi connectivity index (χ3n) is 6.64. The number of ether oxygens (including phenoxy) is 2. The molecule has 0 aliphatic carbocycles. The molecular weight excluding hydrogens is 471 g/mol. The molecule has 2 N–H and O–H groups in total. The van der Waals surface area contributed by atoms with Gasteiger partial charge in [-0.15, -0.1) is 0 Å². The number of rotatable bonds is 9. The number of nitrogens with one attached hydrogen (secondary N) is 1. The van der Waals surface area contributed by atoms with E-state index in [2.05, 4.69) is 28.8 Å². The van der Waals surface area contributed by atoms with Crippen molar-refractivity contribution in [3.63, 3.8) is 0 Å². The summed E-state index contributed by atoms with van der Waals surface area (Å²) in [6, 6.07) is 10.3. The molecule has 194 valence electrons. The summed E-state index contributed by atoms with van der Waals surface area (Å²) in [6.07, 6.45) is 2.14. The van der Waals surface area contributed by atoms with Crippen LogP contribution in [0, 0.1) is 18.2 Å². The summed E-state index contributed by atoms with van der Waals surface area (Å²) in [5.74, 6) is 0.601. The quantitative estimate of drug-likeness (QED) is 0.363. The zero-order valence-corrected chi connectivity index (χ0v) is 22.1. The lowest BCUT2D eigenvalue weighted by Crippen LogP contribution is -2.58. The van der Waals surface area contributed by atoms with Gasteiger partial charge in [0, 0.05) is 44.6 Å². The molecule has 1 saturated heterocycles. The largest absolute Gasteiger partial charge is 0.493 e. The van der Waals surface area contributed by atoms with E-state index in [0.717, 1.165) is 48.6 Å². The zero-order chi connectivity index (χ0) is 26.1. The standard InChI is InChI=1S/C25H34ClFN2O2.C2H4O2/c1-18-14-21(26)22(28-4)15-23(18)31-13-5-11-29-12-10-25(30,24(2,3)17-29)16-19-6-8-20(27)9-7-19;1-4-2-3/h6-9,14-15,28,30H,5,10-13,16-17H2,1-4H3;2H,1H3. The number of halogens is 2. The van der Waals surface area contributed by atoms with Gasteiger partial charge in [-0.25, -0.2) is 4.39 Å². The minimum Gasteiger partial charge on any atom is -0.493 e. The number of benzene rings is 2. The number of hydrogen-bond acceptors (Lipinski definition) is 6. The maximum absolute atomic E-state index is 13.2. The lowest BCUT2D eigenvalue weighted by molar-refractivity contribution is -0.126. The molecule has 0 saturated carbocycles. The molecule has 0 amide bonds. The summed E-state index contributed by atoms with van der Waals surface area (Å²) in [4.78, 5) is 11.4. The van der Waals surface area contributed by atoms with Gasteiger partial charge in [0.2, 0.25) is 0 Å². The molecule has 1 heterocycles. The molecule has 1 aliphatic heterocycles. The van der Waals surface area contributed by atoms with Crippen molar-refractivity contribution < 1.29 is 23.8 Å². The fourth-order valence-electron chi connectivity index (χ4n) is 4.40. The van der Waals surface area contributed by atoms with E-state index in [1.54, 1.807) is 12.1 Å². The molecule has 1 fully saturated rings. The van der Waals surface area contributed by atoms with Crippen LogP contribution in [0.15, 0.2) is 36.4 Å². The van der Waals surface area contributed by atoms with Crippen molar-refractivity contribution >= 4 is 23.8 Å². The predicted octanol–water partition coefficient (Wildman–Crippen LogP) is 5.09. The Morgan fingerprint density at radius 1 is 1.26 bits per heavy atom. The first-order chi connectivity index (χ1) is 16.5. The third kappa shape index (κ3) is 8.09. The smallest absolute Gasteiger partial charge is 0.292 e. The van der Waals surface area contributed by atoms with Crippen molar-refractivity contribution in [3.05, 3.63) is 58.4 Å². The van der Waals surface area contributed by atoms with Crippen molar-refractivity contribution in [2.24, 2.45) is 5.41 Å². The molecule has 35 heavy (non-hydrogen) atoms. The van der Waals surface area contributed by atoms with Gasteiger partial charge in [-0.1, -0.05) is 37.6 Å². The Kier molecular flexibility index (Phi) is 10.8. The van der Waals surface area contributed by atoms with Gasteiger partial charge in [0.25, 0.3) is 6.47 Å². The van der Waals surface area contributed by atoms with Crippen LogP contribution < -0.4 is 10.1 Å². The van der Waals surface area contributed by atoms with Crippen LogP contribution in [0.5, 0.6) is 5.75 Å². The number of anilines is 1. The Labute approximate surface area is 213 Å². The second-order valence-corrected chi connectivity index (χ2v) is 10.0. The SMILES string of the molecule is CNc1cc(OCCCN2CCC(O)(Cc3ccc(F)cc3)C(C)(C)C2)c(C)cc1Cl.COC=O. The molecule has 0 aromatic heterocycles. The van der Waals surface area contributed by atoms with Crippen LogP contribution in [-0.4, -0.2) is 62.5 Å². The van der Waals surface area contributed by atoms with E-state index < -0.39 is 5.60 Å². The molecule has 6 nitrogen and oxygen atoms in total. The topological polar surface area (TPSA) is 71.0 Å². The van der Waals surface area contributed by atoms with E-state index >= 15 is 0 Å². The lowest BCUT2D eigenvalue weighted by Gasteiger charge is -2.50. The van der Waals surface area contributed by atoms with Crippen LogP contribution in [0.3, 0.4) is 0 Å². The molecule has 8 heteroatoms. The number of carbonyl (C=O) groups excluding carboxylic acids is 1. The van der Waals surface area contributed by atoms with E-state index in [0.29, 0.717) is 30.9 Å². The van der Waals surface area contributed by atoms with Crippen LogP contribution in [0.2, 0.25) is 5.02 Å². The normalized spacial score (nSPS) is 19.3. The van der Waals surface area contributed by atoms with Crippen LogP contribution in [-0.2, 0) is 16.0 Å². The molecule has 1 atom stereocenters. The van der Waals surface area contributed by atoms with Crippen LogP contribution in [0.25, 0.3) is 0 Å². The minimum atomic E-state index is -0.804. The molecule has 2 aromatic rings. The number of methoxy groups -OCH3 is 1. The average Bonchev–Trinajstić information content (AvgIpc) is 2.82. The van der Waals surface area contributed by atoms with Crippen molar-refractivity contribution in [1.29, 1.82) is 0 Å². The van der Waals surface area contributed by atoms with Crippen molar-refractivity contribution in [2.45, 2.75) is 45.6 Å². The van der Waals surface area contributed by atoms with Crippen LogP contribution >= 0.6 is 11.6 Å². The van der Waals surface area contributed by atoms with E-state index in [4.69, 9.17) is 21.1 Å². The first kappa shape index (κ1) is 28.9. The van der Waals surface area contributed by atoms with Crippen LogP contribution in [0.1, 0.15) is 37.8 Å². The second-order valence-electron chi connectivity index (χ2n) is 9.63. The molecular formula is C27H38ClFN2O4. The maximum Gasteiger partial charge on any atom is 0.292 e. The Balaban J connectivity index is 0.00000100. The molecule has 1 unspecified atom stereocenters. The maximum atomic E-state index is 13.2. The van der Waals surface area contributed by atoms with E-state index in [1.165, 1.54) is 19.2 Å². The van der Waals surface area contributed by atoms with Crippen molar-refractivity contribution in [2.75, 3.05) is 45.7 Å². The first-order valence-corrected chi connectivity index (χ1v) is 12.2. The summed E-state index contributed by atoms with van der Waals surface area (Å²) in [6.45, 7) is 9.81. The highest BCUT2D eigenvalue weighted by atomic mass is 35.5. The monoisotopic (exact) mass is 508 g/mol. The summed E-state index contributed by atoms with van der Waals surface area (Å²) in [5.41, 5.74) is 1.78. The number of aryl methyl sites for hydroxylation is 1. The van der Waals surface area contributed by atoms with Gasteiger partial charge in [-0.3, -0.25) is 4.79 Å². The summed E-state index contributed by atoms with van der Waals surface area (Å²) in [5, 5.41) is 15.2. The molecule has 3 rings (SSSR count). The van der Waals surface area contributed by atoms with E-state index in [-0.39, 0.29) is 11.2 Å². The van der Waals surface area contributed by atoms with Crippen molar-refractivity contribution in [3.8, 4) is 5.75 Å². The molecule has 0 radical (unpaired) electrons. The summed E-state index contributed by atoms with van der Waals surface area (Å²) in [7, 11) is 3.16. The predicted molar refractivity (Wildman–Crippen MR) is 139 cm³/mol. The Morgan fingerprint density at radius 3 is 2.49 bits per heavy atom. The average molecular weight is 509 g/mol. The number of piperidine rings is 1. The summed E-state index contributed by atoms with van der Waals surface area (Å²) >= 11 is 6.21. The van der Waals surface area contributed by atoms with Gasteiger partial charge < -0.3 is 24.8 Å². The fraction of sp³-hybridized carbons (Fsp3) is 0.519. The molecule has 0 bridgehead atoms. The third-order valence-corrected chi connectivity index (χ3v) is 6.95. The Bertz CT molecular complexity index is 955. The minimum absolute atomic E-state index is 0.247. The molecule has 0 spiro atoms. The number of carbonyl (C=O) groups is 1. The second kappa shape index (κ2) is 13.1. The molecule has 1 aliphatic rings. The van der Waals surface area contributed by atoms with Gasteiger partial charge in [0.1, 0.15) is 11.6 Å². The van der Waals surface area contributed by atoms with Gasteiger partial charge in [0.05, 0.1) is 30.0 Å². The number of nitrogens with zero attached hydrogens (tertiary/aromatic N) is 1. The van der Waals surface area contributed by atoms with Gasteiger partial charge in [0.15, 0.2) is 0 Å². The zero-order valence-electron chi connectivity index (χ0n) is 21.4. The van der Waals surface area contributed by atoms with E-state index in [1.807, 2.05) is 26.1 Å². The van der Waals surface area contributed by atoms with Gasteiger partial charge in [-0.2, -0.15) is 0 Å². The first-order valence-electron chi connectivity index (χ1n) is 11.8. The lowest BCUT2D eigenvalue weighted by atomic mass is 9.67. The van der Waals surface area contributed by atoms with Crippen LogP contribution in [0.4, 0.5) is 10.1 Å². The Hall–Kier alpha value is -2.35. The molecule has 2 aromatic carbocycles. The number of hydrogen-bond donors (Lipinski definition) is 2. The van der Waals surface area contributed by atoms with Gasteiger partial charge >= 0.3 is 0 Å². The Morgan fingerprint density at radius 2 is 1.91 bits per heavy atom. The number of likely N-dealkylation sites (tertiary alicyclic amines) is 1. The number of aliphatic hydroxyl groups is 1. The highest BCUT2D eigenvalue weighted by Gasteiger charge is 2.47. The van der Waals surface area contributed by atoms with Crippen molar-refractivity contribution in [1.82, 2.24) is 4.90 Å². The fourth-order valence-corrected chi connectivity index (χ4v) is 4.71. The van der Waals surface area contributed by atoms with Gasteiger partial charge in [-0.05, 0) is 49.1 Å². The highest BCUT2D eigenvalue weighted by molar-refractivity contribution is 6.33. The summed E-state index contributed by atoms with van der Waals surface area (Å²) < 4.78 is 23.1. The highest BCUT2D eigenvalue weighted by Crippen LogP contribution is 2.41. The van der Waals surface area contributed by atoms with E-state index in [9.17, 15) is 9.50 Å².